The lowest BCUT2D eigenvalue weighted by molar-refractivity contribution is -0.139. The van der Waals surface area contributed by atoms with Gasteiger partial charge in [-0.3, -0.25) is 9.59 Å². The summed E-state index contributed by atoms with van der Waals surface area (Å²) < 4.78 is 0. The third-order valence-electron chi connectivity index (χ3n) is 2.05. The van der Waals surface area contributed by atoms with E-state index in [0.29, 0.717) is 0 Å². The summed E-state index contributed by atoms with van der Waals surface area (Å²) in [6, 6.07) is 7.56. The van der Waals surface area contributed by atoms with Crippen molar-refractivity contribution in [1.82, 2.24) is 10.7 Å². The SMILES string of the molecule is Cc1cccc(/C=N\NC(=O)C(=O)NC(C)C)c1. The minimum Gasteiger partial charge on any atom is -0.346 e. The number of nitrogens with zero attached hydrogens (tertiary/aromatic N) is 1. The standard InChI is InChI=1S/C13H17N3O2/c1-9(2)15-12(17)13(18)16-14-8-11-6-4-5-10(3)7-11/h4-9H,1-3H3,(H,15,17)(H,16,18)/b14-8-. The molecule has 0 saturated carbocycles. The lowest BCUT2D eigenvalue weighted by Crippen LogP contribution is -2.41. The van der Waals surface area contributed by atoms with E-state index in [-0.39, 0.29) is 6.04 Å². The van der Waals surface area contributed by atoms with Gasteiger partial charge >= 0.3 is 11.8 Å². The summed E-state index contributed by atoms with van der Waals surface area (Å²) in [4.78, 5) is 22.6. The van der Waals surface area contributed by atoms with Gasteiger partial charge in [-0.15, -0.1) is 0 Å². The van der Waals surface area contributed by atoms with E-state index in [2.05, 4.69) is 15.8 Å². The van der Waals surface area contributed by atoms with Crippen LogP contribution in [0.15, 0.2) is 29.4 Å². The number of carbonyl (C=O) groups is 2. The third-order valence-corrected chi connectivity index (χ3v) is 2.05. The fraction of sp³-hybridized carbons (Fsp3) is 0.308. The summed E-state index contributed by atoms with van der Waals surface area (Å²) in [6.45, 7) is 5.52. The van der Waals surface area contributed by atoms with Crippen LogP contribution in [-0.4, -0.2) is 24.1 Å². The van der Waals surface area contributed by atoms with Crippen LogP contribution in [0.5, 0.6) is 0 Å². The molecule has 96 valence electrons. The zero-order valence-electron chi connectivity index (χ0n) is 10.7. The highest BCUT2D eigenvalue weighted by Gasteiger charge is 2.12. The second kappa shape index (κ2) is 6.54. The van der Waals surface area contributed by atoms with Gasteiger partial charge in [0.2, 0.25) is 0 Å². The van der Waals surface area contributed by atoms with Crippen molar-refractivity contribution in [2.75, 3.05) is 0 Å². The lowest BCUT2D eigenvalue weighted by Gasteiger charge is -2.05. The molecule has 0 heterocycles. The predicted octanol–water partition coefficient (Wildman–Crippen LogP) is 0.970. The molecule has 0 spiro atoms. The first-order valence-corrected chi connectivity index (χ1v) is 5.69. The molecule has 0 radical (unpaired) electrons. The zero-order chi connectivity index (χ0) is 13.5. The summed E-state index contributed by atoms with van der Waals surface area (Å²) in [6.07, 6.45) is 1.49. The summed E-state index contributed by atoms with van der Waals surface area (Å²) >= 11 is 0. The van der Waals surface area contributed by atoms with Crippen LogP contribution in [-0.2, 0) is 9.59 Å². The fourth-order valence-electron chi connectivity index (χ4n) is 1.29. The maximum atomic E-state index is 11.3. The quantitative estimate of drug-likeness (QED) is 0.474. The minimum atomic E-state index is -0.771. The highest BCUT2D eigenvalue weighted by molar-refractivity contribution is 6.35. The van der Waals surface area contributed by atoms with Crippen molar-refractivity contribution in [3.63, 3.8) is 0 Å². The van der Waals surface area contributed by atoms with E-state index in [1.165, 1.54) is 6.21 Å². The fourth-order valence-corrected chi connectivity index (χ4v) is 1.29. The molecule has 1 aromatic rings. The monoisotopic (exact) mass is 247 g/mol. The molecule has 0 saturated heterocycles. The van der Waals surface area contributed by atoms with E-state index in [4.69, 9.17) is 0 Å². The van der Waals surface area contributed by atoms with E-state index in [1.807, 2.05) is 31.2 Å². The van der Waals surface area contributed by atoms with Crippen LogP contribution in [0, 0.1) is 6.92 Å². The van der Waals surface area contributed by atoms with E-state index in [1.54, 1.807) is 13.8 Å². The third kappa shape index (κ3) is 4.78. The molecule has 2 amide bonds. The number of aryl methyl sites for hydroxylation is 1. The minimum absolute atomic E-state index is 0.0796. The average Bonchev–Trinajstić information content (AvgIpc) is 2.28. The highest BCUT2D eigenvalue weighted by Crippen LogP contribution is 2.00. The number of nitrogens with one attached hydrogen (secondary N) is 2. The van der Waals surface area contributed by atoms with Crippen molar-refractivity contribution in [1.29, 1.82) is 0 Å². The normalized spacial score (nSPS) is 10.7. The molecular formula is C13H17N3O2. The molecule has 1 rings (SSSR count). The summed E-state index contributed by atoms with van der Waals surface area (Å²) in [5.41, 5.74) is 4.13. The van der Waals surface area contributed by atoms with Crippen LogP contribution >= 0.6 is 0 Å². The average molecular weight is 247 g/mol. The van der Waals surface area contributed by atoms with Crippen molar-refractivity contribution >= 4 is 18.0 Å². The van der Waals surface area contributed by atoms with Gasteiger partial charge in [0.05, 0.1) is 6.21 Å². The predicted molar refractivity (Wildman–Crippen MR) is 70.2 cm³/mol. The number of hydrogen-bond acceptors (Lipinski definition) is 3. The molecule has 2 N–H and O–H groups in total. The zero-order valence-corrected chi connectivity index (χ0v) is 10.7. The number of hydrazone groups is 1. The molecule has 0 aliphatic heterocycles. The second-order valence-corrected chi connectivity index (χ2v) is 4.24. The van der Waals surface area contributed by atoms with E-state index in [0.717, 1.165) is 11.1 Å². The number of hydrogen-bond donors (Lipinski definition) is 2. The molecule has 5 nitrogen and oxygen atoms in total. The molecular weight excluding hydrogens is 230 g/mol. The lowest BCUT2D eigenvalue weighted by atomic mass is 10.2. The topological polar surface area (TPSA) is 70.6 Å². The van der Waals surface area contributed by atoms with Gasteiger partial charge in [0.1, 0.15) is 0 Å². The molecule has 18 heavy (non-hydrogen) atoms. The van der Waals surface area contributed by atoms with Crippen molar-refractivity contribution < 1.29 is 9.59 Å². The maximum Gasteiger partial charge on any atom is 0.329 e. The Morgan fingerprint density at radius 3 is 2.61 bits per heavy atom. The van der Waals surface area contributed by atoms with Crippen LogP contribution in [0.25, 0.3) is 0 Å². The van der Waals surface area contributed by atoms with Gasteiger partial charge in [0.15, 0.2) is 0 Å². The van der Waals surface area contributed by atoms with Crippen molar-refractivity contribution in [3.8, 4) is 0 Å². The van der Waals surface area contributed by atoms with Crippen LogP contribution in [0.1, 0.15) is 25.0 Å². The summed E-state index contributed by atoms with van der Waals surface area (Å²) in [7, 11) is 0. The Bertz CT molecular complexity index is 467. The number of amides is 2. The molecule has 1 aromatic carbocycles. The van der Waals surface area contributed by atoms with Crippen molar-refractivity contribution in [2.24, 2.45) is 5.10 Å². The number of carbonyl (C=O) groups excluding carboxylic acids is 2. The molecule has 0 aliphatic carbocycles. The number of rotatable bonds is 3. The van der Waals surface area contributed by atoms with Gasteiger partial charge in [0, 0.05) is 6.04 Å². The summed E-state index contributed by atoms with van der Waals surface area (Å²) in [5, 5.41) is 6.20. The molecule has 0 atom stereocenters. The molecule has 0 unspecified atom stereocenters. The first-order valence-electron chi connectivity index (χ1n) is 5.69. The summed E-state index contributed by atoms with van der Waals surface area (Å²) in [5.74, 6) is -1.46. The van der Waals surface area contributed by atoms with Crippen LogP contribution < -0.4 is 10.7 Å². The van der Waals surface area contributed by atoms with Crippen LogP contribution in [0.4, 0.5) is 0 Å². The van der Waals surface area contributed by atoms with Crippen molar-refractivity contribution in [2.45, 2.75) is 26.8 Å². The first-order chi connectivity index (χ1) is 8.49. The Morgan fingerprint density at radius 1 is 1.28 bits per heavy atom. The van der Waals surface area contributed by atoms with Gasteiger partial charge < -0.3 is 5.32 Å². The maximum absolute atomic E-state index is 11.3. The van der Waals surface area contributed by atoms with Gasteiger partial charge in [-0.1, -0.05) is 29.8 Å². The van der Waals surface area contributed by atoms with Gasteiger partial charge in [-0.2, -0.15) is 5.10 Å². The molecule has 0 bridgehead atoms. The van der Waals surface area contributed by atoms with Gasteiger partial charge in [0.25, 0.3) is 0 Å². The largest absolute Gasteiger partial charge is 0.346 e. The molecule has 0 fully saturated rings. The van der Waals surface area contributed by atoms with Crippen LogP contribution in [0.2, 0.25) is 0 Å². The first kappa shape index (κ1) is 13.9. The van der Waals surface area contributed by atoms with E-state index in [9.17, 15) is 9.59 Å². The Morgan fingerprint density at radius 2 is 2.00 bits per heavy atom. The number of benzene rings is 1. The van der Waals surface area contributed by atoms with E-state index >= 15 is 0 Å². The Hall–Kier alpha value is -2.17. The van der Waals surface area contributed by atoms with Crippen LogP contribution in [0.3, 0.4) is 0 Å². The Kier molecular flexibility index (Phi) is 5.05. The molecule has 0 aromatic heterocycles. The smallest absolute Gasteiger partial charge is 0.329 e. The Labute approximate surface area is 106 Å². The molecule has 0 aliphatic rings. The highest BCUT2D eigenvalue weighted by atomic mass is 16.2. The van der Waals surface area contributed by atoms with Gasteiger partial charge in [-0.25, -0.2) is 5.43 Å². The van der Waals surface area contributed by atoms with Gasteiger partial charge in [-0.05, 0) is 26.3 Å². The molecule has 5 heteroatoms. The van der Waals surface area contributed by atoms with E-state index < -0.39 is 11.8 Å². The van der Waals surface area contributed by atoms with Crippen molar-refractivity contribution in [3.05, 3.63) is 35.4 Å². The second-order valence-electron chi connectivity index (χ2n) is 4.24. The Balaban J connectivity index is 2.50.